The van der Waals surface area contributed by atoms with E-state index in [1.807, 2.05) is 0 Å². The van der Waals surface area contributed by atoms with Crippen LogP contribution in [0.1, 0.15) is 6.42 Å². The summed E-state index contributed by atoms with van der Waals surface area (Å²) in [6.45, 7) is 0. The Morgan fingerprint density at radius 1 is 0.850 bits per heavy atom. The maximum atomic E-state index is 4.70. The molecule has 0 aliphatic heterocycles. The maximum Gasteiger partial charge on any atom is -0.0272 e. The Bertz CT molecular complexity index is 399. The molecule has 0 aliphatic carbocycles. The summed E-state index contributed by atoms with van der Waals surface area (Å²) in [6, 6.07) is 21.5. The fourth-order valence-corrected chi connectivity index (χ4v) is 3.77. The Kier molecular flexibility index (Phi) is 12.0. The molecule has 0 aromatic heterocycles. The van der Waals surface area contributed by atoms with E-state index in [1.165, 1.54) is 23.2 Å². The van der Waals surface area contributed by atoms with E-state index < -0.39 is 0 Å². The van der Waals surface area contributed by atoms with Gasteiger partial charge in [-0.05, 0) is 5.30 Å². The molecule has 2 aromatic carbocycles. The molecule has 2 atom stereocenters. The van der Waals surface area contributed by atoms with Gasteiger partial charge in [-0.1, -0.05) is 80.7 Å². The molecule has 2 rings (SSSR count). The summed E-state index contributed by atoms with van der Waals surface area (Å²) in [7, 11) is 11.2. The monoisotopic (exact) mass is 387 g/mol. The molecule has 0 radical (unpaired) electrons. The Hall–Kier alpha value is 0.374. The van der Waals surface area contributed by atoms with E-state index in [-0.39, 0.29) is 0 Å². The Morgan fingerprint density at radius 2 is 1.35 bits per heavy atom. The zero-order valence-corrected chi connectivity index (χ0v) is 15.3. The van der Waals surface area contributed by atoms with Gasteiger partial charge in [-0.25, -0.2) is 0 Å². The molecule has 0 amide bonds. The summed E-state index contributed by atoms with van der Waals surface area (Å²) < 4.78 is 0. The van der Waals surface area contributed by atoms with Crippen molar-refractivity contribution in [2.24, 2.45) is 0 Å². The summed E-state index contributed by atoms with van der Waals surface area (Å²) in [5.74, 6) is 0. The molecule has 20 heavy (non-hydrogen) atoms. The molecule has 0 bridgehead atoms. The zero-order chi connectivity index (χ0) is 14.5. The van der Waals surface area contributed by atoms with Crippen molar-refractivity contribution in [1.29, 1.82) is 0 Å². The van der Waals surface area contributed by atoms with Crippen LogP contribution in [-0.4, -0.2) is 6.16 Å². The zero-order valence-electron chi connectivity index (χ0n) is 10.8. The van der Waals surface area contributed by atoms with Gasteiger partial charge in [-0.3, -0.25) is 8.58 Å². The first-order valence-corrected chi connectivity index (χ1v) is 11.1. The topological polar surface area (TPSA) is 0 Å². The Labute approximate surface area is 140 Å². The van der Waals surface area contributed by atoms with Crippen LogP contribution in [0.4, 0.5) is 0 Å². The Balaban J connectivity index is 0.000000612. The number of rotatable bonds is 6. The predicted molar refractivity (Wildman–Crippen MR) is 94.3 cm³/mol. The Morgan fingerprint density at radius 3 is 1.90 bits per heavy atom. The van der Waals surface area contributed by atoms with Gasteiger partial charge in [0.25, 0.3) is 0 Å². The molecule has 111 valence electrons. The van der Waals surface area contributed by atoms with Gasteiger partial charge < -0.3 is 6.16 Å². The van der Waals surface area contributed by atoms with E-state index in [1.54, 1.807) is 0 Å². The first-order valence-electron chi connectivity index (χ1n) is 6.11. The van der Waals surface area contributed by atoms with E-state index >= 15 is 0 Å². The van der Waals surface area contributed by atoms with Crippen molar-refractivity contribution in [2.75, 3.05) is 6.16 Å². The third-order valence-electron chi connectivity index (χ3n) is 2.43. The maximum absolute atomic E-state index is 4.70. The van der Waals surface area contributed by atoms with Gasteiger partial charge in [-0.2, -0.15) is 6.42 Å². The van der Waals surface area contributed by atoms with Gasteiger partial charge >= 0.3 is 33.0 Å². The summed E-state index contributed by atoms with van der Waals surface area (Å²) in [4.78, 5) is 0. The number of benzene rings is 2. The van der Waals surface area contributed by atoms with Crippen molar-refractivity contribution in [3.8, 4) is 0 Å². The molecule has 0 spiro atoms. The van der Waals surface area contributed by atoms with Crippen LogP contribution in [-0.2, 0) is 12.7 Å². The van der Waals surface area contributed by atoms with E-state index in [0.717, 1.165) is 17.2 Å². The quantitative estimate of drug-likeness (QED) is 0.285. The first-order chi connectivity index (χ1) is 9.86. The van der Waals surface area contributed by atoms with Crippen LogP contribution in [0.3, 0.4) is 0 Å². The van der Waals surface area contributed by atoms with Crippen molar-refractivity contribution < 1.29 is 12.7 Å². The molecule has 0 saturated carbocycles. The predicted octanol–water partition coefficient (Wildman–Crippen LogP) is 4.92. The van der Waals surface area contributed by atoms with Gasteiger partial charge in [0, 0.05) is 0 Å². The number of hydrogen-bond donors (Lipinski definition) is 0. The van der Waals surface area contributed by atoms with Crippen LogP contribution in [0.15, 0.2) is 60.7 Å². The minimum Gasteiger partial charge on any atom is -0.301 e. The number of halogens is 2. The van der Waals surface area contributed by atoms with Gasteiger partial charge in [0.1, 0.15) is 0 Å². The molecular formula is C15H17Cl2NiP2. The van der Waals surface area contributed by atoms with E-state index in [4.69, 9.17) is 20.4 Å². The molecule has 0 heterocycles. The van der Waals surface area contributed by atoms with Gasteiger partial charge in [0.2, 0.25) is 0 Å². The van der Waals surface area contributed by atoms with Crippen LogP contribution in [0, 0.1) is 6.16 Å². The van der Waals surface area contributed by atoms with Crippen LogP contribution in [0.2, 0.25) is 0 Å². The van der Waals surface area contributed by atoms with Crippen LogP contribution in [0.5, 0.6) is 0 Å². The van der Waals surface area contributed by atoms with Crippen molar-refractivity contribution in [2.45, 2.75) is 6.42 Å². The molecule has 5 heteroatoms. The van der Waals surface area contributed by atoms with Crippen LogP contribution < -0.4 is 10.6 Å². The molecular weight excluding hydrogens is 372 g/mol. The van der Waals surface area contributed by atoms with Crippen molar-refractivity contribution in [3.63, 3.8) is 0 Å². The standard InChI is InChI=1S/C15H17P2.2ClH.Ni/c1-3-8-14(9-4-1)16-12-7-13-17-15-10-5-2-6-11-15;;;/h1-6,8-12,16-17H,7,13H2;2*1H;/q-1;;;+3/p-2. The van der Waals surface area contributed by atoms with Gasteiger partial charge in [-0.15, -0.1) is 0 Å². The van der Waals surface area contributed by atoms with Gasteiger partial charge in [0.15, 0.2) is 0 Å². The van der Waals surface area contributed by atoms with Crippen molar-refractivity contribution in [3.05, 3.63) is 66.8 Å². The summed E-state index contributed by atoms with van der Waals surface area (Å²) in [5.41, 5.74) is 0. The molecule has 2 unspecified atom stereocenters. The smallest absolute Gasteiger partial charge is 0.0272 e. The SMILES string of the molecule is [Cl][Ni+][Cl].c1ccc(P[CH-]CCPc2ccccc2)cc1. The number of hydrogen-bond acceptors (Lipinski definition) is 0. The fraction of sp³-hybridized carbons (Fsp3) is 0.133. The third-order valence-corrected chi connectivity index (χ3v) is 4.87. The average Bonchev–Trinajstić information content (AvgIpc) is 2.50. The molecule has 0 nitrogen and oxygen atoms in total. The third kappa shape index (κ3) is 9.34. The second-order valence-electron chi connectivity index (χ2n) is 3.84. The van der Waals surface area contributed by atoms with E-state index in [9.17, 15) is 0 Å². The molecule has 2 aromatic rings. The van der Waals surface area contributed by atoms with E-state index in [0.29, 0.717) is 12.7 Å². The molecule has 0 N–H and O–H groups in total. The second-order valence-corrected chi connectivity index (χ2v) is 8.18. The average molecular weight is 389 g/mol. The van der Waals surface area contributed by atoms with Crippen LogP contribution >= 0.6 is 37.5 Å². The minimum atomic E-state index is 0.569. The van der Waals surface area contributed by atoms with Crippen molar-refractivity contribution in [1.82, 2.24) is 0 Å². The van der Waals surface area contributed by atoms with E-state index in [2.05, 4.69) is 66.8 Å². The molecule has 0 saturated heterocycles. The van der Waals surface area contributed by atoms with Crippen molar-refractivity contribution >= 4 is 48.2 Å². The normalized spacial score (nSPS) is 11.1. The second kappa shape index (κ2) is 13.1. The largest absolute Gasteiger partial charge is 0.301 e. The fourth-order valence-electron chi connectivity index (χ4n) is 1.57. The summed E-state index contributed by atoms with van der Waals surface area (Å²) >= 11 is 0.569. The molecule has 0 aliphatic rings. The van der Waals surface area contributed by atoms with Crippen LogP contribution in [0.25, 0.3) is 0 Å². The summed E-state index contributed by atoms with van der Waals surface area (Å²) in [6.07, 6.45) is 4.93. The summed E-state index contributed by atoms with van der Waals surface area (Å²) in [5, 5.41) is 2.92. The molecule has 0 fully saturated rings. The minimum absolute atomic E-state index is 0.569. The first kappa shape index (κ1) is 18.4. The van der Waals surface area contributed by atoms with Gasteiger partial charge in [0.05, 0.1) is 0 Å².